The number of hydrogen-bond acceptors (Lipinski definition) is 9. The van der Waals surface area contributed by atoms with E-state index in [9.17, 15) is 25.5 Å². The molecule has 2 aromatic heterocycles. The fraction of sp³-hybridized carbons (Fsp3) is 0.571. The second-order valence-electron chi connectivity index (χ2n) is 5.89. The molecule has 2 aromatic rings. The number of ether oxygens (including phenoxy) is 1. The Morgan fingerprint density at radius 1 is 1.12 bits per heavy atom. The molecule has 0 unspecified atom stereocenters. The van der Waals surface area contributed by atoms with Crippen molar-refractivity contribution >= 4 is 16.9 Å². The van der Waals surface area contributed by atoms with Crippen LogP contribution in [0.5, 0.6) is 0 Å². The molecule has 1 aliphatic rings. The second-order valence-corrected chi connectivity index (χ2v) is 5.89. The monoisotopic (exact) mass is 340 g/mol. The maximum absolute atomic E-state index is 10.4. The Labute approximate surface area is 136 Å². The number of aliphatic hydroxyl groups excluding tert-OH is 5. The molecule has 1 aliphatic heterocycles. The standard InChI is InChI=1S/C14H20N4O6/c1-5-2-18(13-7(5)12(15)16-4-17-13)14-11(23)10(22)9(21)8(20)6(3-19)24-14/h2,4,6,8-11,14,19-23H,3H2,1H3,(H2,15,16,17)/t6-,8-,9-,10-,11-,14-/m1/s1. The summed E-state index contributed by atoms with van der Waals surface area (Å²) in [6, 6.07) is 0. The third kappa shape index (κ3) is 2.53. The number of aliphatic hydroxyl groups is 5. The average Bonchev–Trinajstić information content (AvgIpc) is 2.88. The quantitative estimate of drug-likeness (QED) is 0.351. The second kappa shape index (κ2) is 6.24. The van der Waals surface area contributed by atoms with Crippen LogP contribution >= 0.6 is 0 Å². The van der Waals surface area contributed by atoms with Gasteiger partial charge >= 0.3 is 0 Å². The summed E-state index contributed by atoms with van der Waals surface area (Å²) in [6.07, 6.45) is -6.04. The molecule has 0 radical (unpaired) electrons. The molecule has 0 aromatic carbocycles. The first-order valence-corrected chi connectivity index (χ1v) is 7.43. The van der Waals surface area contributed by atoms with Crippen molar-refractivity contribution in [2.45, 2.75) is 43.7 Å². The van der Waals surface area contributed by atoms with Gasteiger partial charge in [-0.05, 0) is 12.5 Å². The molecule has 1 fully saturated rings. The molecule has 10 nitrogen and oxygen atoms in total. The summed E-state index contributed by atoms with van der Waals surface area (Å²) in [4.78, 5) is 8.04. The van der Waals surface area contributed by atoms with Crippen LogP contribution in [0.15, 0.2) is 12.5 Å². The van der Waals surface area contributed by atoms with Crippen LogP contribution in [-0.4, -0.2) is 77.2 Å². The van der Waals surface area contributed by atoms with Crippen LogP contribution in [0, 0.1) is 6.92 Å². The smallest absolute Gasteiger partial charge is 0.164 e. The molecule has 132 valence electrons. The molecular weight excluding hydrogens is 320 g/mol. The summed E-state index contributed by atoms with van der Waals surface area (Å²) in [6.45, 7) is 1.16. The van der Waals surface area contributed by atoms with Crippen molar-refractivity contribution in [1.82, 2.24) is 14.5 Å². The average molecular weight is 340 g/mol. The van der Waals surface area contributed by atoms with Gasteiger partial charge < -0.3 is 40.6 Å². The summed E-state index contributed by atoms with van der Waals surface area (Å²) >= 11 is 0. The number of fused-ring (bicyclic) bond motifs is 1. The van der Waals surface area contributed by atoms with Crippen LogP contribution < -0.4 is 5.73 Å². The minimum atomic E-state index is -1.68. The van der Waals surface area contributed by atoms with Gasteiger partial charge in [0.05, 0.1) is 12.0 Å². The molecule has 0 amide bonds. The minimum absolute atomic E-state index is 0.249. The Morgan fingerprint density at radius 2 is 1.79 bits per heavy atom. The van der Waals surface area contributed by atoms with E-state index in [1.165, 1.54) is 10.9 Å². The summed E-state index contributed by atoms with van der Waals surface area (Å²) in [7, 11) is 0. The third-order valence-corrected chi connectivity index (χ3v) is 4.32. The van der Waals surface area contributed by atoms with Gasteiger partial charge in [0.25, 0.3) is 0 Å². The van der Waals surface area contributed by atoms with Crippen molar-refractivity contribution in [2.75, 3.05) is 12.3 Å². The molecule has 0 aliphatic carbocycles. The van der Waals surface area contributed by atoms with Crippen molar-refractivity contribution < 1.29 is 30.3 Å². The lowest BCUT2D eigenvalue weighted by Crippen LogP contribution is -2.47. The predicted octanol–water partition coefficient (Wildman–Crippen LogP) is -2.34. The molecule has 7 N–H and O–H groups in total. The van der Waals surface area contributed by atoms with Crippen LogP contribution in [0.1, 0.15) is 11.8 Å². The van der Waals surface area contributed by atoms with E-state index in [1.807, 2.05) is 0 Å². The molecule has 1 saturated heterocycles. The Balaban J connectivity index is 2.12. The number of nitrogens with two attached hydrogens (primary N) is 1. The van der Waals surface area contributed by atoms with Crippen LogP contribution in [0.2, 0.25) is 0 Å². The lowest BCUT2D eigenvalue weighted by atomic mass is 10.0. The third-order valence-electron chi connectivity index (χ3n) is 4.32. The van der Waals surface area contributed by atoms with E-state index in [-0.39, 0.29) is 5.82 Å². The van der Waals surface area contributed by atoms with Crippen LogP contribution in [0.25, 0.3) is 11.0 Å². The van der Waals surface area contributed by atoms with Crippen molar-refractivity contribution in [2.24, 2.45) is 0 Å². The molecule has 6 atom stereocenters. The van der Waals surface area contributed by atoms with Gasteiger partial charge in [-0.2, -0.15) is 0 Å². The number of rotatable bonds is 2. The Bertz CT molecular complexity index is 735. The van der Waals surface area contributed by atoms with E-state index < -0.39 is 43.4 Å². The van der Waals surface area contributed by atoms with Gasteiger partial charge in [-0.25, -0.2) is 9.97 Å². The van der Waals surface area contributed by atoms with E-state index >= 15 is 0 Å². The number of aryl methyl sites for hydroxylation is 1. The Kier molecular flexibility index (Phi) is 4.42. The summed E-state index contributed by atoms with van der Waals surface area (Å²) in [5.41, 5.74) is 6.93. The van der Waals surface area contributed by atoms with E-state index in [2.05, 4.69) is 9.97 Å². The number of anilines is 1. The van der Waals surface area contributed by atoms with Crippen molar-refractivity contribution in [3.63, 3.8) is 0 Å². The fourth-order valence-corrected chi connectivity index (χ4v) is 3.01. The predicted molar refractivity (Wildman–Crippen MR) is 81.7 cm³/mol. The number of hydrogen-bond donors (Lipinski definition) is 6. The van der Waals surface area contributed by atoms with E-state index in [1.54, 1.807) is 13.1 Å². The molecule has 10 heteroatoms. The highest BCUT2D eigenvalue weighted by Crippen LogP contribution is 2.32. The zero-order chi connectivity index (χ0) is 17.6. The number of aromatic nitrogens is 3. The molecule has 3 rings (SSSR count). The lowest BCUT2D eigenvalue weighted by Gasteiger charge is -2.27. The maximum Gasteiger partial charge on any atom is 0.164 e. The zero-order valence-electron chi connectivity index (χ0n) is 12.9. The normalized spacial score (nSPS) is 34.4. The first-order chi connectivity index (χ1) is 11.4. The molecule has 0 bridgehead atoms. The highest BCUT2D eigenvalue weighted by Gasteiger charge is 2.45. The number of nitrogen functional groups attached to an aromatic ring is 1. The van der Waals surface area contributed by atoms with Crippen LogP contribution in [-0.2, 0) is 4.74 Å². The minimum Gasteiger partial charge on any atom is -0.394 e. The largest absolute Gasteiger partial charge is 0.394 e. The van der Waals surface area contributed by atoms with Gasteiger partial charge in [0.1, 0.15) is 48.3 Å². The molecule has 3 heterocycles. The molecule has 0 spiro atoms. The van der Waals surface area contributed by atoms with Gasteiger partial charge in [0.2, 0.25) is 0 Å². The van der Waals surface area contributed by atoms with Gasteiger partial charge in [0, 0.05) is 6.20 Å². The Morgan fingerprint density at radius 3 is 2.46 bits per heavy atom. The van der Waals surface area contributed by atoms with Crippen LogP contribution in [0.4, 0.5) is 5.82 Å². The van der Waals surface area contributed by atoms with Crippen molar-refractivity contribution in [3.05, 3.63) is 18.1 Å². The molecule has 0 saturated carbocycles. The fourth-order valence-electron chi connectivity index (χ4n) is 3.01. The molecule has 24 heavy (non-hydrogen) atoms. The highest BCUT2D eigenvalue weighted by atomic mass is 16.6. The lowest BCUT2D eigenvalue weighted by molar-refractivity contribution is -0.149. The van der Waals surface area contributed by atoms with Crippen LogP contribution in [0.3, 0.4) is 0 Å². The van der Waals surface area contributed by atoms with Crippen molar-refractivity contribution in [3.8, 4) is 0 Å². The first-order valence-electron chi connectivity index (χ1n) is 7.43. The zero-order valence-corrected chi connectivity index (χ0v) is 12.9. The Hall–Kier alpha value is -1.82. The summed E-state index contributed by atoms with van der Waals surface area (Å²) in [5, 5.41) is 50.3. The van der Waals surface area contributed by atoms with E-state index in [0.29, 0.717) is 11.0 Å². The highest BCUT2D eigenvalue weighted by molar-refractivity contribution is 5.89. The number of nitrogens with zero attached hydrogens (tertiary/aromatic N) is 3. The van der Waals surface area contributed by atoms with E-state index in [4.69, 9.17) is 10.5 Å². The topological polar surface area (TPSA) is 167 Å². The van der Waals surface area contributed by atoms with Gasteiger partial charge in [-0.1, -0.05) is 0 Å². The van der Waals surface area contributed by atoms with Gasteiger partial charge in [-0.3, -0.25) is 0 Å². The van der Waals surface area contributed by atoms with Gasteiger partial charge in [0.15, 0.2) is 6.23 Å². The SMILES string of the molecule is Cc1cn([C@@H]2O[C@H](CO)[C@@H](O)[C@@H](O)[C@@H](O)[C@H]2O)c2ncnc(N)c12. The molecular formula is C14H20N4O6. The maximum atomic E-state index is 10.4. The first kappa shape index (κ1) is 17.0. The van der Waals surface area contributed by atoms with Crippen molar-refractivity contribution in [1.29, 1.82) is 0 Å². The summed E-state index contributed by atoms with van der Waals surface area (Å²) in [5.74, 6) is 0.249. The van der Waals surface area contributed by atoms with E-state index in [0.717, 1.165) is 5.56 Å². The summed E-state index contributed by atoms with van der Waals surface area (Å²) < 4.78 is 7.00. The van der Waals surface area contributed by atoms with Gasteiger partial charge in [-0.15, -0.1) is 0 Å².